The molecule has 6 heteroatoms. The third kappa shape index (κ3) is 4.65. The summed E-state index contributed by atoms with van der Waals surface area (Å²) < 4.78 is 24.7. The van der Waals surface area contributed by atoms with Crippen LogP contribution in [0.15, 0.2) is 47.0 Å². The second-order valence-electron chi connectivity index (χ2n) is 7.61. The molecule has 0 spiro atoms. The van der Waals surface area contributed by atoms with Gasteiger partial charge in [-0.05, 0) is 63.5 Å². The van der Waals surface area contributed by atoms with Crippen molar-refractivity contribution in [2.45, 2.75) is 32.1 Å². The summed E-state index contributed by atoms with van der Waals surface area (Å²) in [6.45, 7) is 5.14. The van der Waals surface area contributed by atoms with Crippen LogP contribution in [0.1, 0.15) is 48.2 Å². The van der Waals surface area contributed by atoms with Crippen LogP contribution in [-0.2, 0) is 0 Å². The standard InChI is InChI=1S/C23H25FN2O3/c1-16(27)18-4-2-5-20(14-18)28-13-3-10-26-11-8-17(9-12-26)23-21-7-6-19(24)15-22(21)25-29-23/h2,4-7,14-15,17H,3,8-13H2,1H3. The van der Waals surface area contributed by atoms with Crippen molar-refractivity contribution in [2.75, 3.05) is 26.2 Å². The number of nitrogens with zero attached hydrogens (tertiary/aromatic N) is 2. The third-order valence-corrected chi connectivity index (χ3v) is 5.55. The van der Waals surface area contributed by atoms with E-state index in [1.54, 1.807) is 25.1 Å². The van der Waals surface area contributed by atoms with E-state index in [-0.39, 0.29) is 11.6 Å². The van der Waals surface area contributed by atoms with Gasteiger partial charge in [0.05, 0.1) is 6.61 Å². The monoisotopic (exact) mass is 396 g/mol. The maximum Gasteiger partial charge on any atom is 0.159 e. The van der Waals surface area contributed by atoms with Gasteiger partial charge >= 0.3 is 0 Å². The van der Waals surface area contributed by atoms with Crippen LogP contribution in [-0.4, -0.2) is 42.1 Å². The molecule has 152 valence electrons. The van der Waals surface area contributed by atoms with Crippen molar-refractivity contribution >= 4 is 16.7 Å². The zero-order valence-corrected chi connectivity index (χ0v) is 16.6. The lowest BCUT2D eigenvalue weighted by Crippen LogP contribution is -2.34. The highest BCUT2D eigenvalue weighted by molar-refractivity contribution is 5.94. The molecule has 1 aliphatic rings. The van der Waals surface area contributed by atoms with Gasteiger partial charge in [-0.1, -0.05) is 17.3 Å². The smallest absolute Gasteiger partial charge is 0.159 e. The molecule has 0 radical (unpaired) electrons. The first kappa shape index (κ1) is 19.6. The van der Waals surface area contributed by atoms with Crippen molar-refractivity contribution in [3.8, 4) is 5.75 Å². The number of aromatic nitrogens is 1. The number of likely N-dealkylation sites (tertiary alicyclic amines) is 1. The Morgan fingerprint density at radius 2 is 2.07 bits per heavy atom. The lowest BCUT2D eigenvalue weighted by molar-refractivity contribution is 0.101. The maximum atomic E-state index is 13.3. The number of rotatable bonds is 7. The molecule has 1 saturated heterocycles. The van der Waals surface area contributed by atoms with Crippen LogP contribution in [0.3, 0.4) is 0 Å². The van der Waals surface area contributed by atoms with E-state index in [1.165, 1.54) is 12.1 Å². The number of carbonyl (C=O) groups excluding carboxylic acids is 1. The molecule has 1 fully saturated rings. The molecule has 29 heavy (non-hydrogen) atoms. The number of hydrogen-bond acceptors (Lipinski definition) is 5. The molecule has 0 aliphatic carbocycles. The third-order valence-electron chi connectivity index (χ3n) is 5.55. The summed E-state index contributed by atoms with van der Waals surface area (Å²) in [6, 6.07) is 12.0. The Bertz CT molecular complexity index is 993. The number of Topliss-reactive ketones (excluding diaryl/α,β-unsaturated/α-hetero) is 1. The van der Waals surface area contributed by atoms with E-state index in [1.807, 2.05) is 12.1 Å². The first-order valence-corrected chi connectivity index (χ1v) is 10.1. The SMILES string of the molecule is CC(=O)c1cccc(OCCCN2CCC(c3onc4cc(F)ccc34)CC2)c1. The van der Waals surface area contributed by atoms with Gasteiger partial charge in [-0.15, -0.1) is 0 Å². The average molecular weight is 396 g/mol. The van der Waals surface area contributed by atoms with E-state index in [2.05, 4.69) is 10.1 Å². The van der Waals surface area contributed by atoms with Gasteiger partial charge in [-0.2, -0.15) is 0 Å². The fourth-order valence-corrected chi connectivity index (χ4v) is 3.93. The number of hydrogen-bond donors (Lipinski definition) is 0. The lowest BCUT2D eigenvalue weighted by atomic mass is 9.92. The molecule has 4 rings (SSSR count). The Hall–Kier alpha value is -2.73. The summed E-state index contributed by atoms with van der Waals surface area (Å²) in [5, 5.41) is 4.94. The van der Waals surface area contributed by atoms with Crippen molar-refractivity contribution in [1.82, 2.24) is 10.1 Å². The zero-order chi connectivity index (χ0) is 20.2. The van der Waals surface area contributed by atoms with Crippen LogP contribution in [0.25, 0.3) is 10.9 Å². The lowest BCUT2D eigenvalue weighted by Gasteiger charge is -2.30. The highest BCUT2D eigenvalue weighted by atomic mass is 19.1. The van der Waals surface area contributed by atoms with Crippen LogP contribution >= 0.6 is 0 Å². The summed E-state index contributed by atoms with van der Waals surface area (Å²) in [7, 11) is 0. The Kier molecular flexibility index (Phi) is 5.90. The molecule has 1 aromatic heterocycles. The Labute approximate surface area is 169 Å². The van der Waals surface area contributed by atoms with E-state index in [9.17, 15) is 9.18 Å². The molecule has 0 amide bonds. The van der Waals surface area contributed by atoms with Crippen molar-refractivity contribution in [2.24, 2.45) is 0 Å². The maximum absolute atomic E-state index is 13.3. The van der Waals surface area contributed by atoms with Gasteiger partial charge in [0, 0.05) is 29.5 Å². The van der Waals surface area contributed by atoms with E-state index in [0.717, 1.165) is 55.8 Å². The Balaban J connectivity index is 1.23. The predicted molar refractivity (Wildman–Crippen MR) is 109 cm³/mol. The Morgan fingerprint density at radius 1 is 1.24 bits per heavy atom. The van der Waals surface area contributed by atoms with E-state index < -0.39 is 0 Å². The molecule has 0 bridgehead atoms. The van der Waals surface area contributed by atoms with Gasteiger partial charge in [0.25, 0.3) is 0 Å². The van der Waals surface area contributed by atoms with E-state index >= 15 is 0 Å². The quantitative estimate of drug-likeness (QED) is 0.423. The molecule has 1 aliphatic heterocycles. The minimum Gasteiger partial charge on any atom is -0.494 e. The number of fused-ring (bicyclic) bond motifs is 1. The minimum atomic E-state index is -0.289. The van der Waals surface area contributed by atoms with E-state index in [0.29, 0.717) is 23.6 Å². The summed E-state index contributed by atoms with van der Waals surface area (Å²) in [4.78, 5) is 13.9. The van der Waals surface area contributed by atoms with Crippen molar-refractivity contribution in [1.29, 1.82) is 0 Å². The van der Waals surface area contributed by atoms with Gasteiger partial charge < -0.3 is 14.2 Å². The van der Waals surface area contributed by atoms with Gasteiger partial charge in [0.1, 0.15) is 22.8 Å². The van der Waals surface area contributed by atoms with Gasteiger partial charge in [0.2, 0.25) is 0 Å². The number of halogens is 1. The zero-order valence-electron chi connectivity index (χ0n) is 16.6. The number of ether oxygens (including phenoxy) is 1. The van der Waals surface area contributed by atoms with E-state index in [4.69, 9.17) is 9.26 Å². The first-order valence-electron chi connectivity index (χ1n) is 10.1. The highest BCUT2D eigenvalue weighted by Crippen LogP contribution is 2.33. The summed E-state index contributed by atoms with van der Waals surface area (Å²) in [5.41, 5.74) is 1.26. The van der Waals surface area contributed by atoms with Crippen molar-refractivity contribution < 1.29 is 18.4 Å². The molecular formula is C23H25FN2O3. The largest absolute Gasteiger partial charge is 0.494 e. The second-order valence-corrected chi connectivity index (χ2v) is 7.61. The fourth-order valence-electron chi connectivity index (χ4n) is 3.93. The van der Waals surface area contributed by atoms with Gasteiger partial charge in [-0.3, -0.25) is 4.79 Å². The molecule has 0 saturated carbocycles. The molecule has 2 heterocycles. The molecule has 5 nitrogen and oxygen atoms in total. The number of ketones is 1. The predicted octanol–water partition coefficient (Wildman–Crippen LogP) is 4.82. The van der Waals surface area contributed by atoms with Crippen LogP contribution in [0.2, 0.25) is 0 Å². The number of piperidine rings is 1. The average Bonchev–Trinajstić information content (AvgIpc) is 3.15. The molecular weight excluding hydrogens is 371 g/mol. The molecule has 0 unspecified atom stereocenters. The van der Waals surface area contributed by atoms with Crippen LogP contribution in [0.4, 0.5) is 4.39 Å². The normalized spacial score (nSPS) is 15.7. The Morgan fingerprint density at radius 3 is 2.86 bits per heavy atom. The first-order chi connectivity index (χ1) is 14.1. The fraction of sp³-hybridized carbons (Fsp3) is 0.391. The molecule has 0 atom stereocenters. The number of carbonyl (C=O) groups is 1. The van der Waals surface area contributed by atoms with Gasteiger partial charge in [0.15, 0.2) is 5.78 Å². The molecule has 2 aromatic carbocycles. The van der Waals surface area contributed by atoms with Crippen molar-refractivity contribution in [3.63, 3.8) is 0 Å². The molecule has 3 aromatic rings. The van der Waals surface area contributed by atoms with Crippen LogP contribution in [0.5, 0.6) is 5.75 Å². The summed E-state index contributed by atoms with van der Waals surface area (Å²) >= 11 is 0. The topological polar surface area (TPSA) is 55.6 Å². The summed E-state index contributed by atoms with van der Waals surface area (Å²) in [5.74, 6) is 1.70. The number of benzene rings is 2. The van der Waals surface area contributed by atoms with Crippen LogP contribution in [0, 0.1) is 5.82 Å². The molecule has 0 N–H and O–H groups in total. The second kappa shape index (κ2) is 8.74. The highest BCUT2D eigenvalue weighted by Gasteiger charge is 2.25. The van der Waals surface area contributed by atoms with Gasteiger partial charge in [-0.25, -0.2) is 4.39 Å². The van der Waals surface area contributed by atoms with Crippen molar-refractivity contribution in [3.05, 3.63) is 59.6 Å². The van der Waals surface area contributed by atoms with Crippen LogP contribution < -0.4 is 4.74 Å². The summed E-state index contributed by atoms with van der Waals surface area (Å²) in [6.07, 6.45) is 2.94. The minimum absolute atomic E-state index is 0.0444.